The molecule has 0 aliphatic carbocycles. The van der Waals surface area contributed by atoms with E-state index in [1.54, 1.807) is 0 Å². The summed E-state index contributed by atoms with van der Waals surface area (Å²) in [6, 6.07) is 0. The van der Waals surface area contributed by atoms with Crippen LogP contribution >= 0.6 is 0 Å². The lowest BCUT2D eigenvalue weighted by atomic mass is 9.94. The summed E-state index contributed by atoms with van der Waals surface area (Å²) in [6.07, 6.45) is 5.92. The molecule has 0 spiro atoms. The first-order valence-corrected chi connectivity index (χ1v) is 4.36. The fourth-order valence-corrected chi connectivity index (χ4v) is 1.23. The molecule has 0 saturated carbocycles. The van der Waals surface area contributed by atoms with Gasteiger partial charge >= 0.3 is 0 Å². The molecule has 0 unspecified atom stereocenters. The fourth-order valence-electron chi connectivity index (χ4n) is 1.23. The monoisotopic (exact) mass is 166 g/mol. The summed E-state index contributed by atoms with van der Waals surface area (Å²) in [7, 11) is 0. The van der Waals surface area contributed by atoms with Crippen molar-refractivity contribution in [2.75, 3.05) is 13.1 Å². The highest BCUT2D eigenvalue weighted by Crippen LogP contribution is 2.18. The Morgan fingerprint density at radius 1 is 1.50 bits per heavy atom. The molecule has 2 heteroatoms. The maximum absolute atomic E-state index is 11.7. The van der Waals surface area contributed by atoms with Gasteiger partial charge in [-0.3, -0.25) is 4.79 Å². The molecule has 0 aromatic rings. The molecule has 1 aliphatic heterocycles. The second-order valence-electron chi connectivity index (χ2n) is 4.16. The van der Waals surface area contributed by atoms with Gasteiger partial charge in [0.15, 0.2) is 0 Å². The molecule has 0 aromatic heterocycles. The van der Waals surface area contributed by atoms with Gasteiger partial charge in [0.25, 0.3) is 0 Å². The molecule has 0 fully saturated rings. The SMILES string of the molecule is CC(C)(C)C(=O)N1CC=[C]CC1. The summed E-state index contributed by atoms with van der Waals surface area (Å²) >= 11 is 0. The summed E-state index contributed by atoms with van der Waals surface area (Å²) in [5, 5.41) is 0. The van der Waals surface area contributed by atoms with Gasteiger partial charge in [0, 0.05) is 18.5 Å². The van der Waals surface area contributed by atoms with Crippen LogP contribution in [0.5, 0.6) is 0 Å². The van der Waals surface area contributed by atoms with Crippen molar-refractivity contribution in [2.45, 2.75) is 27.2 Å². The van der Waals surface area contributed by atoms with Gasteiger partial charge in [0.2, 0.25) is 5.91 Å². The van der Waals surface area contributed by atoms with Crippen LogP contribution in [0.15, 0.2) is 6.08 Å². The Bertz CT molecular complexity index is 200. The summed E-state index contributed by atoms with van der Waals surface area (Å²) in [5.74, 6) is 0.236. The predicted molar refractivity (Wildman–Crippen MR) is 48.5 cm³/mol. The molecule has 0 atom stereocenters. The van der Waals surface area contributed by atoms with Crippen LogP contribution in [-0.2, 0) is 4.79 Å². The van der Waals surface area contributed by atoms with Gasteiger partial charge in [0.05, 0.1) is 0 Å². The van der Waals surface area contributed by atoms with E-state index >= 15 is 0 Å². The van der Waals surface area contributed by atoms with Crippen molar-refractivity contribution >= 4 is 5.91 Å². The van der Waals surface area contributed by atoms with Crippen molar-refractivity contribution in [3.05, 3.63) is 12.2 Å². The summed E-state index contributed by atoms with van der Waals surface area (Å²) in [6.45, 7) is 7.43. The first-order valence-electron chi connectivity index (χ1n) is 4.36. The Morgan fingerprint density at radius 3 is 2.58 bits per heavy atom. The molecule has 67 valence electrons. The molecular weight excluding hydrogens is 150 g/mol. The molecule has 1 aliphatic rings. The van der Waals surface area contributed by atoms with E-state index in [0.29, 0.717) is 0 Å². The Balaban J connectivity index is 2.59. The number of carbonyl (C=O) groups is 1. The Morgan fingerprint density at radius 2 is 2.17 bits per heavy atom. The maximum atomic E-state index is 11.7. The molecule has 1 rings (SSSR count). The smallest absolute Gasteiger partial charge is 0.228 e. The largest absolute Gasteiger partial charge is 0.338 e. The van der Waals surface area contributed by atoms with E-state index in [0.717, 1.165) is 19.5 Å². The predicted octanol–water partition coefficient (Wildman–Crippen LogP) is 1.62. The van der Waals surface area contributed by atoms with Gasteiger partial charge in [0.1, 0.15) is 0 Å². The van der Waals surface area contributed by atoms with Gasteiger partial charge in [-0.25, -0.2) is 0 Å². The van der Waals surface area contributed by atoms with Crippen LogP contribution in [0, 0.1) is 11.5 Å². The van der Waals surface area contributed by atoms with Crippen LogP contribution in [0.25, 0.3) is 0 Å². The van der Waals surface area contributed by atoms with Crippen LogP contribution in [0.1, 0.15) is 27.2 Å². The molecular formula is C10H16NO. The third-order valence-corrected chi connectivity index (χ3v) is 1.91. The topological polar surface area (TPSA) is 20.3 Å². The molecule has 12 heavy (non-hydrogen) atoms. The maximum Gasteiger partial charge on any atom is 0.228 e. The highest BCUT2D eigenvalue weighted by atomic mass is 16.2. The number of rotatable bonds is 0. The zero-order chi connectivity index (χ0) is 9.19. The van der Waals surface area contributed by atoms with Gasteiger partial charge in [-0.1, -0.05) is 26.8 Å². The Labute approximate surface area is 74.2 Å². The van der Waals surface area contributed by atoms with Crippen LogP contribution in [0.4, 0.5) is 0 Å². The first kappa shape index (κ1) is 9.30. The minimum absolute atomic E-state index is 0.236. The van der Waals surface area contributed by atoms with E-state index in [-0.39, 0.29) is 11.3 Å². The summed E-state index contributed by atoms with van der Waals surface area (Å²) in [5.41, 5.74) is -0.245. The minimum Gasteiger partial charge on any atom is -0.338 e. The zero-order valence-corrected chi connectivity index (χ0v) is 8.05. The first-order chi connectivity index (χ1) is 5.52. The standard InChI is InChI=1S/C10H16NO/c1-10(2,3)9(12)11-7-5-4-6-8-11/h5H,6-8H2,1-3H3. The quantitative estimate of drug-likeness (QED) is 0.535. The molecule has 1 amide bonds. The third-order valence-electron chi connectivity index (χ3n) is 1.91. The second kappa shape index (κ2) is 3.30. The normalized spacial score (nSPS) is 18.1. The number of carbonyl (C=O) groups excluding carboxylic acids is 1. The molecule has 1 radical (unpaired) electrons. The minimum atomic E-state index is -0.245. The highest BCUT2D eigenvalue weighted by molar-refractivity contribution is 5.81. The van der Waals surface area contributed by atoms with E-state index in [1.807, 2.05) is 31.7 Å². The van der Waals surface area contributed by atoms with Crippen LogP contribution in [-0.4, -0.2) is 23.9 Å². The highest BCUT2D eigenvalue weighted by Gasteiger charge is 2.26. The van der Waals surface area contributed by atoms with Crippen molar-refractivity contribution < 1.29 is 4.79 Å². The molecule has 2 nitrogen and oxygen atoms in total. The van der Waals surface area contributed by atoms with Crippen molar-refractivity contribution in [3.63, 3.8) is 0 Å². The lowest BCUT2D eigenvalue weighted by Gasteiger charge is -2.29. The summed E-state index contributed by atoms with van der Waals surface area (Å²) in [4.78, 5) is 13.6. The Kier molecular flexibility index (Phi) is 2.55. The average Bonchev–Trinajstić information content (AvgIpc) is 2.03. The van der Waals surface area contributed by atoms with E-state index in [2.05, 4.69) is 6.08 Å². The molecule has 0 aromatic carbocycles. The average molecular weight is 166 g/mol. The zero-order valence-electron chi connectivity index (χ0n) is 8.05. The van der Waals surface area contributed by atoms with Crippen molar-refractivity contribution in [1.82, 2.24) is 4.90 Å². The number of amides is 1. The molecule has 1 heterocycles. The van der Waals surface area contributed by atoms with E-state index in [1.165, 1.54) is 0 Å². The van der Waals surface area contributed by atoms with Gasteiger partial charge in [-0.15, -0.1) is 0 Å². The number of hydrogen-bond donors (Lipinski definition) is 0. The van der Waals surface area contributed by atoms with E-state index in [4.69, 9.17) is 0 Å². The van der Waals surface area contributed by atoms with Crippen molar-refractivity contribution in [3.8, 4) is 0 Å². The molecule has 0 bridgehead atoms. The van der Waals surface area contributed by atoms with E-state index < -0.39 is 0 Å². The van der Waals surface area contributed by atoms with Gasteiger partial charge in [-0.2, -0.15) is 0 Å². The lowest BCUT2D eigenvalue weighted by molar-refractivity contribution is -0.139. The van der Waals surface area contributed by atoms with Gasteiger partial charge in [-0.05, 0) is 12.5 Å². The molecule has 0 saturated heterocycles. The number of hydrogen-bond acceptors (Lipinski definition) is 1. The third kappa shape index (κ3) is 2.10. The van der Waals surface area contributed by atoms with Crippen molar-refractivity contribution in [2.24, 2.45) is 5.41 Å². The summed E-state index contributed by atoms with van der Waals surface area (Å²) < 4.78 is 0. The fraction of sp³-hybridized carbons (Fsp3) is 0.700. The second-order valence-corrected chi connectivity index (χ2v) is 4.16. The van der Waals surface area contributed by atoms with Crippen molar-refractivity contribution in [1.29, 1.82) is 0 Å². The van der Waals surface area contributed by atoms with E-state index in [9.17, 15) is 4.79 Å². The van der Waals surface area contributed by atoms with Crippen LogP contribution in [0.3, 0.4) is 0 Å². The lowest BCUT2D eigenvalue weighted by Crippen LogP contribution is -2.41. The Hall–Kier alpha value is -0.790. The molecule has 0 N–H and O–H groups in total. The van der Waals surface area contributed by atoms with Crippen LogP contribution in [0.2, 0.25) is 0 Å². The van der Waals surface area contributed by atoms with Gasteiger partial charge < -0.3 is 4.90 Å². The van der Waals surface area contributed by atoms with Crippen LogP contribution < -0.4 is 0 Å². The number of nitrogens with zero attached hydrogens (tertiary/aromatic N) is 1.